The maximum absolute atomic E-state index is 5.73. The highest BCUT2D eigenvalue weighted by molar-refractivity contribution is 9.10. The Morgan fingerprint density at radius 1 is 1.40 bits per heavy atom. The second-order valence-electron chi connectivity index (χ2n) is 3.40. The number of hydrogen-bond donors (Lipinski definition) is 1. The molecule has 4 nitrogen and oxygen atoms in total. The molecule has 2 heterocycles. The lowest BCUT2D eigenvalue weighted by atomic mass is 10.1. The van der Waals surface area contributed by atoms with Crippen molar-refractivity contribution in [2.75, 3.05) is 19.8 Å². The Labute approximate surface area is 96.9 Å². The molecule has 1 fully saturated rings. The molecule has 0 spiro atoms. The molecule has 15 heavy (non-hydrogen) atoms. The number of halogens is 1. The normalized spacial score (nSPS) is 20.1. The van der Waals surface area contributed by atoms with Crippen LogP contribution >= 0.6 is 15.9 Å². The highest BCUT2D eigenvalue weighted by Gasteiger charge is 2.35. The Kier molecular flexibility index (Phi) is 3.35. The van der Waals surface area contributed by atoms with Crippen molar-refractivity contribution in [3.05, 3.63) is 28.5 Å². The van der Waals surface area contributed by atoms with Crippen LogP contribution in [0.4, 0.5) is 0 Å². The maximum atomic E-state index is 5.73. The van der Waals surface area contributed by atoms with Gasteiger partial charge in [0, 0.05) is 22.4 Å². The average molecular weight is 273 g/mol. The van der Waals surface area contributed by atoms with E-state index in [0.29, 0.717) is 19.8 Å². The Bertz CT molecular complexity index is 340. The number of rotatable bonds is 2. The zero-order chi connectivity index (χ0) is 10.7. The first kappa shape index (κ1) is 11.0. The Morgan fingerprint density at radius 3 is 2.73 bits per heavy atom. The van der Waals surface area contributed by atoms with E-state index in [4.69, 9.17) is 15.2 Å². The van der Waals surface area contributed by atoms with Crippen molar-refractivity contribution in [3.63, 3.8) is 0 Å². The van der Waals surface area contributed by atoms with Crippen molar-refractivity contribution >= 4 is 15.9 Å². The molecular weight excluding hydrogens is 260 g/mol. The minimum atomic E-state index is -0.810. The Hall–Kier alpha value is -0.490. The second kappa shape index (κ2) is 4.57. The fourth-order valence-electron chi connectivity index (χ4n) is 1.60. The van der Waals surface area contributed by atoms with Gasteiger partial charge < -0.3 is 15.2 Å². The van der Waals surface area contributed by atoms with Crippen LogP contribution in [-0.4, -0.2) is 24.7 Å². The zero-order valence-electron chi connectivity index (χ0n) is 8.28. The summed E-state index contributed by atoms with van der Waals surface area (Å²) >= 11 is 3.37. The summed E-state index contributed by atoms with van der Waals surface area (Å²) in [5.41, 5.74) is 6.59. The van der Waals surface area contributed by atoms with Crippen LogP contribution in [0.25, 0.3) is 0 Å². The van der Waals surface area contributed by atoms with Crippen molar-refractivity contribution in [3.8, 4) is 0 Å². The first-order valence-electron chi connectivity index (χ1n) is 4.86. The number of aromatic nitrogens is 1. The van der Waals surface area contributed by atoms with Crippen molar-refractivity contribution < 1.29 is 9.47 Å². The molecule has 5 heteroatoms. The maximum Gasteiger partial charge on any atom is 0.209 e. The topological polar surface area (TPSA) is 57.4 Å². The van der Waals surface area contributed by atoms with Crippen molar-refractivity contribution in [2.24, 2.45) is 5.73 Å². The molecule has 0 aliphatic carbocycles. The van der Waals surface area contributed by atoms with Gasteiger partial charge in [-0.15, -0.1) is 0 Å². The summed E-state index contributed by atoms with van der Waals surface area (Å²) in [5.74, 6) is -0.810. The number of pyridine rings is 1. The highest BCUT2D eigenvalue weighted by Crippen LogP contribution is 2.30. The summed E-state index contributed by atoms with van der Waals surface area (Å²) < 4.78 is 12.2. The number of hydrogen-bond acceptors (Lipinski definition) is 4. The molecule has 2 rings (SSSR count). The van der Waals surface area contributed by atoms with E-state index in [-0.39, 0.29) is 0 Å². The zero-order valence-corrected chi connectivity index (χ0v) is 9.87. The minimum Gasteiger partial charge on any atom is -0.345 e. The fourth-order valence-corrected chi connectivity index (χ4v) is 1.96. The van der Waals surface area contributed by atoms with E-state index in [9.17, 15) is 0 Å². The smallest absolute Gasteiger partial charge is 0.209 e. The van der Waals surface area contributed by atoms with E-state index in [0.717, 1.165) is 16.5 Å². The molecule has 1 aromatic heterocycles. The van der Waals surface area contributed by atoms with Gasteiger partial charge >= 0.3 is 0 Å². The van der Waals surface area contributed by atoms with Crippen LogP contribution in [0, 0.1) is 0 Å². The monoisotopic (exact) mass is 272 g/mol. The van der Waals surface area contributed by atoms with Crippen LogP contribution in [-0.2, 0) is 15.3 Å². The van der Waals surface area contributed by atoms with Gasteiger partial charge in [0.25, 0.3) is 0 Å². The molecule has 0 amide bonds. The van der Waals surface area contributed by atoms with Crippen LogP contribution in [0.2, 0.25) is 0 Å². The molecule has 1 aliphatic rings. The van der Waals surface area contributed by atoms with Crippen LogP contribution < -0.4 is 5.73 Å². The van der Waals surface area contributed by atoms with E-state index in [1.54, 1.807) is 12.4 Å². The lowest BCUT2D eigenvalue weighted by Crippen LogP contribution is -2.44. The van der Waals surface area contributed by atoms with Gasteiger partial charge in [-0.05, 0) is 28.4 Å². The third-order valence-corrected chi connectivity index (χ3v) is 2.81. The second-order valence-corrected chi connectivity index (χ2v) is 4.32. The number of nitrogens with zero attached hydrogens (tertiary/aromatic N) is 1. The number of nitrogens with two attached hydrogens (primary N) is 1. The molecule has 1 aromatic rings. The summed E-state index contributed by atoms with van der Waals surface area (Å²) in [7, 11) is 0. The molecule has 2 N–H and O–H groups in total. The molecule has 1 saturated heterocycles. The van der Waals surface area contributed by atoms with Gasteiger partial charge in [0.2, 0.25) is 5.79 Å². The third kappa shape index (κ3) is 2.20. The lowest BCUT2D eigenvalue weighted by molar-refractivity contribution is -0.269. The van der Waals surface area contributed by atoms with E-state index < -0.39 is 5.79 Å². The molecule has 0 atom stereocenters. The minimum absolute atomic E-state index is 0.297. The molecule has 82 valence electrons. The highest BCUT2D eigenvalue weighted by atomic mass is 79.9. The van der Waals surface area contributed by atoms with Crippen LogP contribution in [0.15, 0.2) is 22.9 Å². The van der Waals surface area contributed by atoms with Crippen molar-refractivity contribution in [2.45, 2.75) is 12.2 Å². The van der Waals surface area contributed by atoms with Crippen molar-refractivity contribution in [1.29, 1.82) is 0 Å². The predicted octanol–water partition coefficient (Wildman–Crippen LogP) is 1.39. The summed E-state index contributed by atoms with van der Waals surface area (Å²) in [4.78, 5) is 4.09. The number of ether oxygens (including phenoxy) is 2. The summed E-state index contributed by atoms with van der Waals surface area (Å²) in [6.07, 6.45) is 4.35. The van der Waals surface area contributed by atoms with Gasteiger partial charge in [0.15, 0.2) is 0 Å². The van der Waals surface area contributed by atoms with Crippen LogP contribution in [0.5, 0.6) is 0 Å². The average Bonchev–Trinajstić information content (AvgIpc) is 2.30. The van der Waals surface area contributed by atoms with Gasteiger partial charge in [-0.2, -0.15) is 0 Å². The summed E-state index contributed by atoms with van der Waals surface area (Å²) in [5, 5.41) is 0. The molecule has 0 bridgehead atoms. The predicted molar refractivity (Wildman–Crippen MR) is 59.2 cm³/mol. The molecule has 0 aromatic carbocycles. The first-order chi connectivity index (χ1) is 7.27. The standard InChI is InChI=1S/C10H13BrN2O2/c11-9-4-8(5-13-6-9)10(7-12)14-2-1-3-15-10/h4-6H,1-3,7,12H2. The van der Waals surface area contributed by atoms with Gasteiger partial charge in [0.1, 0.15) is 0 Å². The van der Waals surface area contributed by atoms with Gasteiger partial charge in [-0.25, -0.2) is 0 Å². The van der Waals surface area contributed by atoms with E-state index in [2.05, 4.69) is 20.9 Å². The molecular formula is C10H13BrN2O2. The fraction of sp³-hybridized carbons (Fsp3) is 0.500. The van der Waals surface area contributed by atoms with Gasteiger partial charge in [-0.1, -0.05) is 0 Å². The third-order valence-electron chi connectivity index (χ3n) is 2.37. The molecule has 1 aliphatic heterocycles. The molecule has 0 unspecified atom stereocenters. The van der Waals surface area contributed by atoms with Crippen molar-refractivity contribution in [1.82, 2.24) is 4.98 Å². The summed E-state index contributed by atoms with van der Waals surface area (Å²) in [6, 6.07) is 1.92. The van der Waals surface area contributed by atoms with Crippen LogP contribution in [0.3, 0.4) is 0 Å². The quantitative estimate of drug-likeness (QED) is 0.884. The Balaban J connectivity index is 2.32. The Morgan fingerprint density at radius 2 is 2.13 bits per heavy atom. The van der Waals surface area contributed by atoms with Crippen LogP contribution in [0.1, 0.15) is 12.0 Å². The van der Waals surface area contributed by atoms with Gasteiger partial charge in [-0.3, -0.25) is 4.98 Å². The summed E-state index contributed by atoms with van der Waals surface area (Å²) in [6.45, 7) is 1.64. The van der Waals surface area contributed by atoms with E-state index >= 15 is 0 Å². The van der Waals surface area contributed by atoms with E-state index in [1.165, 1.54) is 0 Å². The van der Waals surface area contributed by atoms with E-state index in [1.807, 2.05) is 6.07 Å². The largest absolute Gasteiger partial charge is 0.345 e. The SMILES string of the molecule is NCC1(c2cncc(Br)c2)OCCCO1. The molecule has 0 radical (unpaired) electrons. The molecule has 0 saturated carbocycles. The first-order valence-corrected chi connectivity index (χ1v) is 5.65. The lowest BCUT2D eigenvalue weighted by Gasteiger charge is -2.36. The van der Waals surface area contributed by atoms with Gasteiger partial charge in [0.05, 0.1) is 19.8 Å².